The summed E-state index contributed by atoms with van der Waals surface area (Å²) in [5, 5.41) is 22.7. The molecule has 0 aliphatic heterocycles. The Balaban J connectivity index is 0.00000116. The molecule has 0 atom stereocenters. The lowest BCUT2D eigenvalue weighted by molar-refractivity contribution is -0.133. The molecule has 0 fully saturated rings. The number of nitrogens with zero attached hydrogens (tertiary/aromatic N) is 3. The van der Waals surface area contributed by atoms with Crippen molar-refractivity contribution in [2.45, 2.75) is 5.16 Å². The van der Waals surface area contributed by atoms with Crippen LogP contribution in [-0.2, 0) is 4.79 Å². The van der Waals surface area contributed by atoms with Crippen LogP contribution in [0.1, 0.15) is 0 Å². The maximum absolute atomic E-state index is 10.5. The van der Waals surface area contributed by atoms with Gasteiger partial charge >= 0.3 is 5.97 Å². The first-order valence-corrected chi connectivity index (χ1v) is 7.25. The van der Waals surface area contributed by atoms with E-state index in [0.29, 0.717) is 16.7 Å². The van der Waals surface area contributed by atoms with Crippen LogP contribution in [0.5, 0.6) is 0 Å². The molecule has 0 radical (unpaired) electrons. The van der Waals surface area contributed by atoms with E-state index in [1.807, 2.05) is 37.2 Å². The zero-order chi connectivity index (χ0) is 16.7. The second kappa shape index (κ2) is 8.25. The van der Waals surface area contributed by atoms with E-state index in [9.17, 15) is 4.79 Å². The van der Waals surface area contributed by atoms with Crippen molar-refractivity contribution in [1.82, 2.24) is 15.2 Å². The van der Waals surface area contributed by atoms with Crippen LogP contribution in [0.4, 0.5) is 11.4 Å². The number of aromatic nitrogens is 3. The Kier molecular flexibility index (Phi) is 6.67. The van der Waals surface area contributed by atoms with Gasteiger partial charge in [0.2, 0.25) is 5.16 Å². The van der Waals surface area contributed by atoms with Gasteiger partial charge in [-0.15, -0.1) is 5.10 Å². The fraction of sp³-hybridized carbons (Fsp3) is 0.308. The molecule has 8 nitrogen and oxygen atoms in total. The molecule has 0 saturated heterocycles. The van der Waals surface area contributed by atoms with E-state index in [1.54, 1.807) is 0 Å². The Bertz CT molecular complexity index is 630. The standard InChI is InChI=1S/C12H15N5O2S.CH4O/c1-17(2)7-3-4-8(9(13)5-7)11-14-12(16-15-11)20-6-10(18)19;1-2/h3-5H,6,13H2,1-2H3,(H,18,19)(H,14,15,16);2H,1H3. The van der Waals surface area contributed by atoms with E-state index < -0.39 is 5.97 Å². The van der Waals surface area contributed by atoms with Gasteiger partial charge in [-0.1, -0.05) is 11.8 Å². The van der Waals surface area contributed by atoms with Crippen molar-refractivity contribution in [3.05, 3.63) is 18.2 Å². The molecule has 2 aromatic rings. The Morgan fingerprint density at radius 1 is 1.41 bits per heavy atom. The summed E-state index contributed by atoms with van der Waals surface area (Å²) < 4.78 is 0. The van der Waals surface area contributed by atoms with Crippen molar-refractivity contribution in [2.24, 2.45) is 0 Å². The topological polar surface area (TPSA) is 128 Å². The highest BCUT2D eigenvalue weighted by atomic mass is 32.2. The molecule has 1 heterocycles. The quantitative estimate of drug-likeness (QED) is 0.471. The first-order valence-electron chi connectivity index (χ1n) is 6.26. The SMILES string of the molecule is CN(C)c1ccc(-c2nc(SCC(=O)O)n[nH]2)c(N)c1.CO. The summed E-state index contributed by atoms with van der Waals surface area (Å²) in [6.07, 6.45) is 0. The van der Waals surface area contributed by atoms with Crippen LogP contribution in [0.3, 0.4) is 0 Å². The Morgan fingerprint density at radius 3 is 2.64 bits per heavy atom. The van der Waals surface area contributed by atoms with Gasteiger partial charge in [-0.2, -0.15) is 0 Å². The average Bonchev–Trinajstić information content (AvgIpc) is 2.95. The van der Waals surface area contributed by atoms with Crippen LogP contribution in [0.2, 0.25) is 0 Å². The number of aromatic amines is 1. The van der Waals surface area contributed by atoms with Crippen molar-refractivity contribution < 1.29 is 15.0 Å². The van der Waals surface area contributed by atoms with E-state index in [1.165, 1.54) is 0 Å². The van der Waals surface area contributed by atoms with Crippen LogP contribution < -0.4 is 10.6 Å². The fourth-order valence-electron chi connectivity index (χ4n) is 1.60. The van der Waals surface area contributed by atoms with Gasteiger partial charge in [-0.3, -0.25) is 9.89 Å². The molecule has 0 spiro atoms. The number of carboxylic acids is 1. The van der Waals surface area contributed by atoms with Gasteiger partial charge in [0.1, 0.15) is 0 Å². The summed E-state index contributed by atoms with van der Waals surface area (Å²) in [4.78, 5) is 16.7. The lowest BCUT2D eigenvalue weighted by Gasteiger charge is -2.13. The monoisotopic (exact) mass is 325 g/mol. The Morgan fingerprint density at radius 2 is 2.09 bits per heavy atom. The lowest BCUT2D eigenvalue weighted by atomic mass is 10.1. The minimum atomic E-state index is -0.906. The lowest BCUT2D eigenvalue weighted by Crippen LogP contribution is -2.09. The molecule has 0 aliphatic carbocycles. The van der Waals surface area contributed by atoms with Gasteiger partial charge in [0, 0.05) is 38.1 Å². The highest BCUT2D eigenvalue weighted by Gasteiger charge is 2.11. The number of aliphatic hydroxyl groups excluding tert-OH is 1. The van der Waals surface area contributed by atoms with Crippen LogP contribution in [0, 0.1) is 0 Å². The number of hydrogen-bond donors (Lipinski definition) is 4. The largest absolute Gasteiger partial charge is 0.481 e. The van der Waals surface area contributed by atoms with E-state index in [0.717, 1.165) is 30.1 Å². The molecule has 0 aliphatic rings. The third-order valence-corrected chi connectivity index (χ3v) is 3.43. The molecule has 22 heavy (non-hydrogen) atoms. The van der Waals surface area contributed by atoms with E-state index in [-0.39, 0.29) is 5.75 Å². The molecule has 0 bridgehead atoms. The number of H-pyrrole nitrogens is 1. The zero-order valence-electron chi connectivity index (χ0n) is 12.6. The number of nitrogens with one attached hydrogen (secondary N) is 1. The molecule has 0 amide bonds. The number of aliphatic hydroxyl groups is 1. The van der Waals surface area contributed by atoms with Gasteiger partial charge in [0.05, 0.1) is 5.75 Å². The third kappa shape index (κ3) is 4.64. The number of nitrogens with two attached hydrogens (primary N) is 1. The molecule has 1 aromatic heterocycles. The maximum atomic E-state index is 10.5. The minimum Gasteiger partial charge on any atom is -0.481 e. The fourth-order valence-corrected chi connectivity index (χ4v) is 2.12. The summed E-state index contributed by atoms with van der Waals surface area (Å²) >= 11 is 1.06. The number of benzene rings is 1. The van der Waals surface area contributed by atoms with Crippen molar-refractivity contribution >= 4 is 29.1 Å². The highest BCUT2D eigenvalue weighted by Crippen LogP contribution is 2.28. The number of thioether (sulfide) groups is 1. The first kappa shape index (κ1) is 17.8. The van der Waals surface area contributed by atoms with Crippen molar-refractivity contribution in [3.63, 3.8) is 0 Å². The maximum Gasteiger partial charge on any atom is 0.313 e. The number of carbonyl (C=O) groups is 1. The van der Waals surface area contributed by atoms with Gasteiger partial charge in [-0.05, 0) is 18.2 Å². The number of anilines is 2. The zero-order valence-corrected chi connectivity index (χ0v) is 13.4. The minimum absolute atomic E-state index is 0.0770. The van der Waals surface area contributed by atoms with Crippen LogP contribution in [0.25, 0.3) is 11.4 Å². The predicted molar refractivity (Wildman–Crippen MR) is 87.1 cm³/mol. The molecule has 9 heteroatoms. The van der Waals surface area contributed by atoms with Crippen molar-refractivity contribution in [3.8, 4) is 11.4 Å². The number of rotatable bonds is 5. The second-order valence-corrected chi connectivity index (χ2v) is 5.26. The number of carboxylic acid groups (broad SMARTS) is 1. The average molecular weight is 325 g/mol. The summed E-state index contributed by atoms with van der Waals surface area (Å²) in [6, 6.07) is 5.64. The normalized spacial score (nSPS) is 9.82. The van der Waals surface area contributed by atoms with Gasteiger partial charge in [0.15, 0.2) is 5.82 Å². The molecule has 1 aromatic carbocycles. The summed E-state index contributed by atoms with van der Waals surface area (Å²) in [7, 11) is 4.87. The van der Waals surface area contributed by atoms with E-state index in [2.05, 4.69) is 15.2 Å². The van der Waals surface area contributed by atoms with Gasteiger partial charge in [0.25, 0.3) is 0 Å². The smallest absolute Gasteiger partial charge is 0.313 e. The second-order valence-electron chi connectivity index (χ2n) is 4.31. The van der Waals surface area contributed by atoms with Gasteiger partial charge < -0.3 is 20.8 Å². The summed E-state index contributed by atoms with van der Waals surface area (Å²) in [6.45, 7) is 0. The summed E-state index contributed by atoms with van der Waals surface area (Å²) in [5.41, 5.74) is 8.33. The van der Waals surface area contributed by atoms with Crippen LogP contribution >= 0.6 is 11.8 Å². The number of nitrogen functional groups attached to an aromatic ring is 1. The molecule has 120 valence electrons. The van der Waals surface area contributed by atoms with E-state index >= 15 is 0 Å². The molecule has 5 N–H and O–H groups in total. The molecule has 0 saturated carbocycles. The predicted octanol–water partition coefficient (Wildman–Crippen LogP) is 0.905. The molecule has 0 unspecified atom stereocenters. The first-order chi connectivity index (χ1) is 10.5. The molecular weight excluding hydrogens is 306 g/mol. The van der Waals surface area contributed by atoms with Crippen LogP contribution in [-0.4, -0.2) is 58.3 Å². The molecule has 2 rings (SSSR count). The van der Waals surface area contributed by atoms with Gasteiger partial charge in [-0.25, -0.2) is 4.98 Å². The number of hydrogen-bond acceptors (Lipinski definition) is 7. The van der Waals surface area contributed by atoms with Crippen LogP contribution in [0.15, 0.2) is 23.4 Å². The van der Waals surface area contributed by atoms with Crippen molar-refractivity contribution in [1.29, 1.82) is 0 Å². The Hall–Kier alpha value is -2.26. The summed E-state index contributed by atoms with van der Waals surface area (Å²) in [5.74, 6) is -0.455. The molecular formula is C13H19N5O3S. The number of aliphatic carboxylic acids is 1. The third-order valence-electron chi connectivity index (χ3n) is 2.60. The Labute approximate surface area is 132 Å². The highest BCUT2D eigenvalue weighted by molar-refractivity contribution is 7.99. The van der Waals surface area contributed by atoms with E-state index in [4.69, 9.17) is 15.9 Å². The van der Waals surface area contributed by atoms with Crippen molar-refractivity contribution in [2.75, 3.05) is 37.6 Å².